The van der Waals surface area contributed by atoms with Crippen molar-refractivity contribution >= 4 is 33.2 Å². The molecule has 0 aliphatic carbocycles. The normalized spacial score (nSPS) is 11.2. The summed E-state index contributed by atoms with van der Waals surface area (Å²) in [4.78, 5) is 10.7. The van der Waals surface area contributed by atoms with Crippen molar-refractivity contribution in [1.29, 1.82) is 0 Å². The Bertz CT molecular complexity index is 1280. The lowest BCUT2D eigenvalue weighted by Crippen LogP contribution is -1.83. The molecule has 0 bridgehead atoms. The molecule has 0 unspecified atom stereocenters. The Morgan fingerprint density at radius 3 is 2.46 bits per heavy atom. The number of hydrogen-bond donors (Lipinski definition) is 0. The predicted molar refractivity (Wildman–Crippen MR) is 109 cm³/mol. The fraction of sp³-hybridized carbons (Fsp3) is 0. The maximum absolute atomic E-state index is 13.2. The van der Waals surface area contributed by atoms with E-state index in [9.17, 15) is 4.39 Å². The van der Waals surface area contributed by atoms with Crippen molar-refractivity contribution in [2.24, 2.45) is 0 Å². The highest BCUT2D eigenvalue weighted by atomic mass is 35.5. The number of aromatic nitrogens is 3. The molecule has 0 aliphatic heterocycles. The zero-order valence-corrected chi connectivity index (χ0v) is 15.8. The molecule has 0 spiro atoms. The molecule has 7 heteroatoms. The minimum Gasteiger partial charge on any atom is -0.333 e. The van der Waals surface area contributed by atoms with Gasteiger partial charge in [-0.15, -0.1) is 11.3 Å². The molecular weight excluding hydrogens is 397 g/mol. The van der Waals surface area contributed by atoms with Crippen LogP contribution in [0.5, 0.6) is 0 Å². The van der Waals surface area contributed by atoms with Gasteiger partial charge in [0, 0.05) is 27.7 Å². The molecule has 0 amide bonds. The van der Waals surface area contributed by atoms with Crippen molar-refractivity contribution < 1.29 is 8.91 Å². The summed E-state index contributed by atoms with van der Waals surface area (Å²) in [5.41, 5.74) is 2.64. The van der Waals surface area contributed by atoms with Crippen LogP contribution in [-0.2, 0) is 0 Å². The third-order valence-corrected chi connectivity index (χ3v) is 5.68. The Morgan fingerprint density at radius 2 is 1.68 bits per heavy atom. The molecule has 3 aromatic heterocycles. The fourth-order valence-corrected chi connectivity index (χ4v) is 4.23. The van der Waals surface area contributed by atoms with Crippen LogP contribution in [0.4, 0.5) is 4.39 Å². The summed E-state index contributed by atoms with van der Waals surface area (Å²) >= 11 is 7.54. The van der Waals surface area contributed by atoms with E-state index >= 15 is 0 Å². The number of nitrogens with zero attached hydrogens (tertiary/aromatic N) is 3. The second kappa shape index (κ2) is 6.82. The van der Waals surface area contributed by atoms with Crippen LogP contribution in [0.1, 0.15) is 0 Å². The van der Waals surface area contributed by atoms with Gasteiger partial charge in [-0.1, -0.05) is 28.9 Å². The van der Waals surface area contributed by atoms with Crippen LogP contribution < -0.4 is 0 Å². The van der Waals surface area contributed by atoms with Gasteiger partial charge < -0.3 is 4.52 Å². The number of rotatable bonds is 3. The summed E-state index contributed by atoms with van der Waals surface area (Å²) in [6.45, 7) is 0. The van der Waals surface area contributed by atoms with Crippen molar-refractivity contribution in [1.82, 2.24) is 15.1 Å². The highest BCUT2D eigenvalue weighted by molar-refractivity contribution is 7.22. The largest absolute Gasteiger partial charge is 0.333 e. The Balaban J connectivity index is 1.68. The van der Waals surface area contributed by atoms with Crippen LogP contribution >= 0.6 is 22.9 Å². The molecule has 5 aromatic rings. The predicted octanol–water partition coefficient (Wildman–Crippen LogP) is 6.47. The summed E-state index contributed by atoms with van der Waals surface area (Å²) in [5.74, 6) is 0.489. The van der Waals surface area contributed by atoms with Gasteiger partial charge in [-0.25, -0.2) is 9.37 Å². The molecule has 0 N–H and O–H groups in total. The zero-order valence-electron chi connectivity index (χ0n) is 14.3. The van der Waals surface area contributed by atoms with Gasteiger partial charge in [-0.2, -0.15) is 4.98 Å². The van der Waals surface area contributed by atoms with Gasteiger partial charge in [-0.3, -0.25) is 0 Å². The van der Waals surface area contributed by atoms with Crippen LogP contribution in [0, 0.1) is 5.82 Å². The van der Waals surface area contributed by atoms with E-state index in [0.717, 1.165) is 26.2 Å². The topological polar surface area (TPSA) is 51.8 Å². The molecule has 3 heterocycles. The van der Waals surface area contributed by atoms with Gasteiger partial charge in [-0.05, 0) is 54.1 Å². The zero-order chi connectivity index (χ0) is 19.1. The van der Waals surface area contributed by atoms with Gasteiger partial charge >= 0.3 is 0 Å². The number of hydrogen-bond acceptors (Lipinski definition) is 5. The second-order valence-electron chi connectivity index (χ2n) is 6.10. The average molecular weight is 408 g/mol. The highest BCUT2D eigenvalue weighted by Gasteiger charge is 2.21. The van der Waals surface area contributed by atoms with E-state index in [1.807, 2.05) is 36.4 Å². The van der Waals surface area contributed by atoms with Crippen LogP contribution in [0.15, 0.2) is 71.4 Å². The summed E-state index contributed by atoms with van der Waals surface area (Å²) < 4.78 is 18.7. The van der Waals surface area contributed by atoms with Crippen LogP contribution in [0.25, 0.3) is 43.5 Å². The summed E-state index contributed by atoms with van der Waals surface area (Å²) in [6.07, 6.45) is 1.76. The minimum absolute atomic E-state index is 0.312. The molecule has 0 radical (unpaired) electrons. The second-order valence-corrected chi connectivity index (χ2v) is 7.53. The molecule has 5 rings (SSSR count). The number of fused-ring (bicyclic) bond motifs is 1. The monoisotopic (exact) mass is 407 g/mol. The number of benzene rings is 2. The van der Waals surface area contributed by atoms with E-state index in [-0.39, 0.29) is 5.82 Å². The van der Waals surface area contributed by atoms with E-state index in [2.05, 4.69) is 15.1 Å². The van der Waals surface area contributed by atoms with E-state index in [1.54, 1.807) is 18.3 Å². The smallest absolute Gasteiger partial charge is 0.269 e. The lowest BCUT2D eigenvalue weighted by atomic mass is 10.0. The number of thiophene rings is 1. The van der Waals surface area contributed by atoms with Crippen LogP contribution in [0.2, 0.25) is 5.02 Å². The summed E-state index contributed by atoms with van der Waals surface area (Å²) in [6, 6.07) is 17.5. The Morgan fingerprint density at radius 1 is 0.929 bits per heavy atom. The van der Waals surface area contributed by atoms with Crippen LogP contribution in [0.3, 0.4) is 0 Å². The molecule has 0 aliphatic rings. The van der Waals surface area contributed by atoms with Gasteiger partial charge in [0.25, 0.3) is 5.89 Å². The Hall–Kier alpha value is -3.09. The summed E-state index contributed by atoms with van der Waals surface area (Å²) in [7, 11) is 0. The van der Waals surface area contributed by atoms with E-state index < -0.39 is 0 Å². The molecule has 0 atom stereocenters. The SMILES string of the molecule is Fc1ccc(-c2noc(-c3sc4ncccc4c3-c3ccc(Cl)cc3)n2)cc1. The molecule has 136 valence electrons. The lowest BCUT2D eigenvalue weighted by molar-refractivity contribution is 0.433. The third kappa shape index (κ3) is 2.96. The maximum Gasteiger partial charge on any atom is 0.269 e. The maximum atomic E-state index is 13.2. The minimum atomic E-state index is -0.312. The van der Waals surface area contributed by atoms with Crippen molar-refractivity contribution in [3.63, 3.8) is 0 Å². The molecule has 0 fully saturated rings. The highest BCUT2D eigenvalue weighted by Crippen LogP contribution is 2.43. The van der Waals surface area contributed by atoms with Crippen molar-refractivity contribution in [2.45, 2.75) is 0 Å². The first-order chi connectivity index (χ1) is 13.7. The van der Waals surface area contributed by atoms with Gasteiger partial charge in [0.05, 0.1) is 0 Å². The first-order valence-electron chi connectivity index (χ1n) is 8.42. The molecule has 0 saturated heterocycles. The molecule has 2 aromatic carbocycles. The van der Waals surface area contributed by atoms with Crippen molar-refractivity contribution in [2.75, 3.05) is 0 Å². The van der Waals surface area contributed by atoms with Gasteiger partial charge in [0.1, 0.15) is 15.5 Å². The fourth-order valence-electron chi connectivity index (χ4n) is 3.02. The molecular formula is C21H11ClFN3OS. The Labute approximate surface area is 168 Å². The quantitative estimate of drug-likeness (QED) is 0.344. The van der Waals surface area contributed by atoms with Crippen molar-refractivity contribution in [3.8, 4) is 33.3 Å². The van der Waals surface area contributed by atoms with Gasteiger partial charge in [0.2, 0.25) is 5.82 Å². The Kier molecular flexibility index (Phi) is 4.15. The lowest BCUT2D eigenvalue weighted by Gasteiger charge is -2.02. The first kappa shape index (κ1) is 17.0. The van der Waals surface area contributed by atoms with E-state index in [0.29, 0.717) is 22.3 Å². The first-order valence-corrected chi connectivity index (χ1v) is 9.62. The molecule has 4 nitrogen and oxygen atoms in total. The number of halogens is 2. The number of pyridine rings is 1. The van der Waals surface area contributed by atoms with Crippen molar-refractivity contribution in [3.05, 3.63) is 77.7 Å². The molecule has 0 saturated carbocycles. The van der Waals surface area contributed by atoms with E-state index in [4.69, 9.17) is 16.1 Å². The van der Waals surface area contributed by atoms with Crippen LogP contribution in [-0.4, -0.2) is 15.1 Å². The summed E-state index contributed by atoms with van der Waals surface area (Å²) in [5, 5.41) is 5.74. The standard InChI is InChI=1S/C21H11ClFN3OS/c22-14-7-3-12(4-8-14)17-16-2-1-11-24-21(16)28-18(17)20-25-19(26-27-20)13-5-9-15(23)10-6-13/h1-11H. The third-order valence-electron chi connectivity index (χ3n) is 4.32. The molecule has 28 heavy (non-hydrogen) atoms. The van der Waals surface area contributed by atoms with Gasteiger partial charge in [0.15, 0.2) is 0 Å². The average Bonchev–Trinajstić information content (AvgIpc) is 3.34. The van der Waals surface area contributed by atoms with E-state index in [1.165, 1.54) is 23.5 Å².